The molecule has 21 heavy (non-hydrogen) atoms. The summed E-state index contributed by atoms with van der Waals surface area (Å²) in [6.07, 6.45) is 2.84. The van der Waals surface area contributed by atoms with Crippen molar-refractivity contribution in [2.24, 2.45) is 0 Å². The Hall–Kier alpha value is -2.15. The second-order valence-electron chi connectivity index (χ2n) is 4.21. The van der Waals surface area contributed by atoms with Crippen molar-refractivity contribution in [2.75, 3.05) is 13.7 Å². The number of nitrogens with one attached hydrogen (secondary N) is 1. The van der Waals surface area contributed by atoms with Crippen LogP contribution in [0.15, 0.2) is 24.5 Å². The lowest BCUT2D eigenvalue weighted by atomic mass is 10.0. The first-order chi connectivity index (χ1) is 10.1. The van der Waals surface area contributed by atoms with Gasteiger partial charge < -0.3 is 10.1 Å². The average Bonchev–Trinajstić information content (AvgIpc) is 2.51. The summed E-state index contributed by atoms with van der Waals surface area (Å²) in [6.45, 7) is 2.26. The average molecular weight is 297 g/mol. The summed E-state index contributed by atoms with van der Waals surface area (Å²) in [7, 11) is 1.40. The second-order valence-corrected chi connectivity index (χ2v) is 4.21. The largest absolute Gasteiger partial charge is 0.480 e. The lowest BCUT2D eigenvalue weighted by Crippen LogP contribution is -2.25. The van der Waals surface area contributed by atoms with Crippen LogP contribution in [0.2, 0.25) is 0 Å². The minimum Gasteiger partial charge on any atom is -0.480 e. The lowest BCUT2D eigenvalue weighted by molar-refractivity contribution is 0.380. The van der Waals surface area contributed by atoms with Gasteiger partial charge in [-0.15, -0.1) is 0 Å². The van der Waals surface area contributed by atoms with Gasteiger partial charge in [0.05, 0.1) is 13.2 Å². The van der Waals surface area contributed by atoms with Crippen LogP contribution in [0.25, 0.3) is 0 Å². The third-order valence-corrected chi connectivity index (χ3v) is 2.94. The van der Waals surface area contributed by atoms with E-state index in [-0.39, 0.29) is 11.4 Å². The Morgan fingerprint density at radius 1 is 1.14 bits per heavy atom. The summed E-state index contributed by atoms with van der Waals surface area (Å²) in [6, 6.07) is 1.25. The first kappa shape index (κ1) is 15.2. The molecule has 1 aromatic heterocycles. The molecule has 4 nitrogen and oxygen atoms in total. The van der Waals surface area contributed by atoms with Crippen LogP contribution in [0.3, 0.4) is 0 Å². The maximum atomic E-state index is 14.0. The van der Waals surface area contributed by atoms with E-state index in [1.54, 1.807) is 6.92 Å². The molecule has 0 fully saturated rings. The van der Waals surface area contributed by atoms with Crippen molar-refractivity contribution in [1.82, 2.24) is 15.3 Å². The lowest BCUT2D eigenvalue weighted by Gasteiger charge is -2.20. The van der Waals surface area contributed by atoms with Crippen molar-refractivity contribution in [2.45, 2.75) is 13.0 Å². The molecule has 1 atom stereocenters. The molecular formula is C14H14F3N3O. The molecule has 0 saturated carbocycles. The molecule has 7 heteroatoms. The molecule has 0 spiro atoms. The Morgan fingerprint density at radius 3 is 2.52 bits per heavy atom. The topological polar surface area (TPSA) is 47.0 Å². The Kier molecular flexibility index (Phi) is 4.74. The molecule has 0 aliphatic carbocycles. The van der Waals surface area contributed by atoms with Gasteiger partial charge in [-0.2, -0.15) is 0 Å². The van der Waals surface area contributed by atoms with Gasteiger partial charge in [0.2, 0.25) is 5.88 Å². The molecule has 2 aromatic rings. The predicted molar refractivity (Wildman–Crippen MR) is 70.4 cm³/mol. The molecule has 112 valence electrons. The number of ether oxygens (including phenoxy) is 1. The van der Waals surface area contributed by atoms with Gasteiger partial charge in [-0.1, -0.05) is 13.0 Å². The van der Waals surface area contributed by atoms with Gasteiger partial charge in [-0.25, -0.2) is 18.2 Å². The predicted octanol–water partition coefficient (Wildman–Crippen LogP) is 2.60. The monoisotopic (exact) mass is 297 g/mol. The van der Waals surface area contributed by atoms with Gasteiger partial charge in [0.15, 0.2) is 17.5 Å². The van der Waals surface area contributed by atoms with E-state index in [0.29, 0.717) is 12.2 Å². The molecule has 0 radical (unpaired) electrons. The van der Waals surface area contributed by atoms with Crippen LogP contribution in [-0.2, 0) is 0 Å². The quantitative estimate of drug-likeness (QED) is 0.862. The van der Waals surface area contributed by atoms with E-state index in [1.807, 2.05) is 0 Å². The van der Waals surface area contributed by atoms with Gasteiger partial charge in [-0.05, 0) is 12.6 Å². The van der Waals surface area contributed by atoms with Gasteiger partial charge in [0, 0.05) is 18.0 Å². The van der Waals surface area contributed by atoms with Crippen LogP contribution in [0, 0.1) is 17.5 Å². The van der Waals surface area contributed by atoms with Gasteiger partial charge in [0.1, 0.15) is 5.69 Å². The van der Waals surface area contributed by atoms with Crippen LogP contribution in [-0.4, -0.2) is 23.6 Å². The maximum absolute atomic E-state index is 14.0. The summed E-state index contributed by atoms with van der Waals surface area (Å²) < 4.78 is 45.6. The number of methoxy groups -OCH3 is 1. The minimum absolute atomic E-state index is 0.0606. The molecule has 0 aliphatic heterocycles. The number of benzene rings is 1. The molecule has 0 bridgehead atoms. The van der Waals surface area contributed by atoms with Gasteiger partial charge in [0.25, 0.3) is 0 Å². The molecule has 0 saturated heterocycles. The van der Waals surface area contributed by atoms with E-state index >= 15 is 0 Å². The minimum atomic E-state index is -1.52. The Labute approximate surface area is 120 Å². The van der Waals surface area contributed by atoms with Crippen LogP contribution in [0.5, 0.6) is 5.88 Å². The molecule has 1 N–H and O–H groups in total. The standard InChI is InChI=1S/C14H14F3N3O/c1-3-18-12(13-14(21-2)20-7-6-19-13)8-4-5-9(15)11(17)10(8)16/h4-7,12,18H,3H2,1-2H3. The fraction of sp³-hybridized carbons (Fsp3) is 0.286. The van der Waals surface area contributed by atoms with Crippen molar-refractivity contribution >= 4 is 0 Å². The number of hydrogen-bond acceptors (Lipinski definition) is 4. The van der Waals surface area contributed by atoms with E-state index in [2.05, 4.69) is 15.3 Å². The van der Waals surface area contributed by atoms with E-state index in [1.165, 1.54) is 25.6 Å². The third-order valence-electron chi connectivity index (χ3n) is 2.94. The van der Waals surface area contributed by atoms with Crippen LogP contribution < -0.4 is 10.1 Å². The van der Waals surface area contributed by atoms with E-state index in [0.717, 1.165) is 6.07 Å². The first-order valence-corrected chi connectivity index (χ1v) is 6.31. The molecule has 0 aliphatic rings. The molecule has 0 amide bonds. The molecule has 1 unspecified atom stereocenters. The van der Waals surface area contributed by atoms with Crippen LogP contribution in [0.4, 0.5) is 13.2 Å². The van der Waals surface area contributed by atoms with E-state index in [9.17, 15) is 13.2 Å². The zero-order valence-corrected chi connectivity index (χ0v) is 11.5. The summed E-state index contributed by atoms with van der Waals surface area (Å²) in [5.41, 5.74) is 0.237. The summed E-state index contributed by atoms with van der Waals surface area (Å²) in [5, 5.41) is 2.97. The zero-order chi connectivity index (χ0) is 15.4. The van der Waals surface area contributed by atoms with Crippen molar-refractivity contribution < 1.29 is 17.9 Å². The van der Waals surface area contributed by atoms with Crippen molar-refractivity contribution in [3.05, 3.63) is 53.2 Å². The maximum Gasteiger partial charge on any atom is 0.237 e. The summed E-state index contributed by atoms with van der Waals surface area (Å²) in [4.78, 5) is 8.09. The second kappa shape index (κ2) is 6.53. The summed E-state index contributed by atoms with van der Waals surface area (Å²) in [5.74, 6) is -3.82. The highest BCUT2D eigenvalue weighted by Gasteiger charge is 2.25. The zero-order valence-electron chi connectivity index (χ0n) is 11.5. The molecule has 2 rings (SSSR count). The SMILES string of the molecule is CCNC(c1ccc(F)c(F)c1F)c1nccnc1OC. The number of rotatable bonds is 5. The molecular weight excluding hydrogens is 283 g/mol. The fourth-order valence-electron chi connectivity index (χ4n) is 2.01. The molecule has 1 aromatic carbocycles. The number of nitrogens with zero attached hydrogens (tertiary/aromatic N) is 2. The van der Waals surface area contributed by atoms with Crippen molar-refractivity contribution in [3.8, 4) is 5.88 Å². The number of halogens is 3. The Bertz CT molecular complexity index is 637. The van der Waals surface area contributed by atoms with Gasteiger partial charge >= 0.3 is 0 Å². The van der Waals surface area contributed by atoms with E-state index < -0.39 is 23.5 Å². The summed E-state index contributed by atoms with van der Waals surface area (Å²) >= 11 is 0. The fourth-order valence-corrected chi connectivity index (χ4v) is 2.01. The number of aromatic nitrogens is 2. The highest BCUT2D eigenvalue weighted by Crippen LogP contribution is 2.29. The molecule has 1 heterocycles. The van der Waals surface area contributed by atoms with Crippen molar-refractivity contribution in [3.63, 3.8) is 0 Å². The van der Waals surface area contributed by atoms with Crippen LogP contribution >= 0.6 is 0 Å². The number of hydrogen-bond donors (Lipinski definition) is 1. The normalized spacial score (nSPS) is 12.2. The highest BCUT2D eigenvalue weighted by molar-refractivity contribution is 5.34. The first-order valence-electron chi connectivity index (χ1n) is 6.31. The smallest absolute Gasteiger partial charge is 0.237 e. The van der Waals surface area contributed by atoms with Crippen LogP contribution in [0.1, 0.15) is 24.2 Å². The Balaban J connectivity index is 2.56. The third kappa shape index (κ3) is 2.97. The Morgan fingerprint density at radius 2 is 1.86 bits per heavy atom. The highest BCUT2D eigenvalue weighted by atomic mass is 19.2. The van der Waals surface area contributed by atoms with E-state index in [4.69, 9.17) is 4.74 Å². The van der Waals surface area contributed by atoms with Crippen molar-refractivity contribution in [1.29, 1.82) is 0 Å². The van der Waals surface area contributed by atoms with Gasteiger partial charge in [-0.3, -0.25) is 4.98 Å².